The van der Waals surface area contributed by atoms with Crippen LogP contribution in [-0.2, 0) is 0 Å². The van der Waals surface area contributed by atoms with Gasteiger partial charge in [-0.15, -0.1) is 10.2 Å². The first-order valence-electron chi connectivity index (χ1n) is 8.12. The fraction of sp³-hybridized carbons (Fsp3) is 0.0526. The molecule has 3 aromatic carbocycles. The van der Waals surface area contributed by atoms with Crippen molar-refractivity contribution in [3.63, 3.8) is 0 Å². The zero-order valence-corrected chi connectivity index (χ0v) is 15.4. The Morgan fingerprint density at radius 2 is 1.93 bits per heavy atom. The van der Waals surface area contributed by atoms with Crippen molar-refractivity contribution in [2.75, 3.05) is 12.3 Å². The van der Waals surface area contributed by atoms with Gasteiger partial charge < -0.3 is 22.4 Å². The number of hydrogen-bond donors (Lipinski definition) is 2. The normalized spacial score (nSPS) is 11.2. The lowest BCUT2D eigenvalue weighted by Gasteiger charge is -2.07. The van der Waals surface area contributed by atoms with E-state index in [1.54, 1.807) is 16.7 Å². The number of nitrogen functional groups attached to an aromatic ring is 1. The fourth-order valence-corrected chi connectivity index (χ4v) is 2.81. The number of anilines is 1. The summed E-state index contributed by atoms with van der Waals surface area (Å²) in [6.45, 7) is 4.32. The molecule has 3 aromatic rings. The number of hydrogen-bond acceptors (Lipinski definition) is 6. The highest BCUT2D eigenvalue weighted by molar-refractivity contribution is 6.23. The summed E-state index contributed by atoms with van der Waals surface area (Å²) in [5.74, 6) is 1.34. The number of nitrogens with zero attached hydrogens (tertiary/aromatic N) is 4. The molecule has 0 saturated carbocycles. The summed E-state index contributed by atoms with van der Waals surface area (Å²) < 4.78 is 1.67. The Balaban J connectivity index is 2.11. The van der Waals surface area contributed by atoms with Crippen LogP contribution in [0.1, 0.15) is 0 Å². The maximum absolute atomic E-state index is 11.2. The minimum absolute atomic E-state index is 0.0299. The van der Waals surface area contributed by atoms with Gasteiger partial charge in [-0.05, 0) is 29.7 Å². The van der Waals surface area contributed by atoms with E-state index in [-0.39, 0.29) is 28.5 Å². The van der Waals surface area contributed by atoms with Crippen molar-refractivity contribution in [1.82, 2.24) is 0 Å². The second-order valence-corrected chi connectivity index (χ2v) is 6.23. The van der Waals surface area contributed by atoms with Crippen LogP contribution in [0.25, 0.3) is 10.8 Å². The van der Waals surface area contributed by atoms with Gasteiger partial charge in [0.1, 0.15) is 18.2 Å². The van der Waals surface area contributed by atoms with E-state index >= 15 is 0 Å². The van der Waals surface area contributed by atoms with Gasteiger partial charge in [0.15, 0.2) is 5.69 Å². The van der Waals surface area contributed by atoms with Crippen molar-refractivity contribution in [1.29, 1.82) is 0 Å². The van der Waals surface area contributed by atoms with Gasteiger partial charge in [-0.2, -0.15) is 5.88 Å². The van der Waals surface area contributed by atoms with Gasteiger partial charge in [0, 0.05) is 35.8 Å². The molecule has 3 rings (SSSR count). The molecular weight excluding hydrogens is 382 g/mol. The Morgan fingerprint density at radius 3 is 2.64 bits per heavy atom. The van der Waals surface area contributed by atoms with Crippen molar-refractivity contribution in [3.8, 4) is 5.75 Å². The van der Waals surface area contributed by atoms with Crippen LogP contribution in [0.5, 0.6) is 5.75 Å². The largest absolute Gasteiger partial charge is 0.506 e. The second-order valence-electron chi connectivity index (χ2n) is 5.92. The lowest BCUT2D eigenvalue weighted by atomic mass is 10.1. The molecule has 0 aliphatic heterocycles. The number of halogens is 1. The Hall–Kier alpha value is -3.52. The number of nitro groups is 1. The molecule has 0 saturated heterocycles. The van der Waals surface area contributed by atoms with Gasteiger partial charge in [0.25, 0.3) is 5.69 Å². The molecule has 0 radical (unpaired) electrons. The van der Waals surface area contributed by atoms with Crippen molar-refractivity contribution < 1.29 is 14.6 Å². The van der Waals surface area contributed by atoms with Crippen LogP contribution < -0.4 is 5.73 Å². The summed E-state index contributed by atoms with van der Waals surface area (Å²) in [7, 11) is 0. The predicted octanol–water partition coefficient (Wildman–Crippen LogP) is 5.20. The number of phenols is 1. The van der Waals surface area contributed by atoms with Crippen molar-refractivity contribution >= 4 is 57.5 Å². The molecule has 0 amide bonds. The van der Waals surface area contributed by atoms with Crippen LogP contribution in [0.3, 0.4) is 0 Å². The topological polar surface area (TPSA) is 117 Å². The zero-order valence-electron chi connectivity index (χ0n) is 14.6. The lowest BCUT2D eigenvalue weighted by molar-refractivity contribution is -0.420. The maximum Gasteiger partial charge on any atom is 0.298 e. The number of rotatable bonds is 6. The van der Waals surface area contributed by atoms with Crippen molar-refractivity contribution in [2.45, 2.75) is 0 Å². The minimum atomic E-state index is -0.588. The highest BCUT2D eigenvalue weighted by Gasteiger charge is 2.15. The van der Waals surface area contributed by atoms with Crippen LogP contribution in [0.2, 0.25) is 0 Å². The predicted molar refractivity (Wildman–Crippen MR) is 109 cm³/mol. The summed E-state index contributed by atoms with van der Waals surface area (Å²) in [5.41, 5.74) is 6.55. The highest BCUT2D eigenvalue weighted by Crippen LogP contribution is 2.39. The Kier molecular flexibility index (Phi) is 5.51. The van der Waals surface area contributed by atoms with Gasteiger partial charge in [-0.25, -0.2) is 4.58 Å². The standard InChI is InChI=1S/C19H16ClN5O3/c1-24(9-8-20)14-5-2-12-3-7-18(26)19(15(12)11-14)23-22-16-6-4-13(21)10-17(16)25(27)28/h2-8,10-11,26H,1,9,21H2. The van der Waals surface area contributed by atoms with Gasteiger partial charge in [0.2, 0.25) is 5.69 Å². The molecular formula is C19H16ClN5O3. The average Bonchev–Trinajstić information content (AvgIpc) is 2.67. The van der Waals surface area contributed by atoms with E-state index in [4.69, 9.17) is 17.3 Å². The number of nitrogens with two attached hydrogens (primary N) is 1. The summed E-state index contributed by atoms with van der Waals surface area (Å²) in [6, 6.07) is 12.8. The van der Waals surface area contributed by atoms with Crippen LogP contribution in [-0.4, -0.2) is 27.9 Å². The first-order valence-corrected chi connectivity index (χ1v) is 8.55. The number of nitro benzene ring substituents is 1. The molecule has 142 valence electrons. The third-order valence-corrected chi connectivity index (χ3v) is 4.20. The summed E-state index contributed by atoms with van der Waals surface area (Å²) in [5, 5.41) is 31.0. The molecule has 0 heterocycles. The molecule has 0 spiro atoms. The molecule has 0 atom stereocenters. The van der Waals surface area contributed by atoms with Crippen LogP contribution >= 0.6 is 11.6 Å². The quantitative estimate of drug-likeness (QED) is 0.113. The molecule has 28 heavy (non-hydrogen) atoms. The van der Waals surface area contributed by atoms with Gasteiger partial charge in [-0.1, -0.05) is 6.07 Å². The molecule has 0 bridgehead atoms. The molecule has 0 fully saturated rings. The number of azo groups is 1. The number of benzene rings is 3. The van der Waals surface area contributed by atoms with E-state index in [0.717, 1.165) is 11.1 Å². The lowest BCUT2D eigenvalue weighted by Crippen LogP contribution is -2.02. The summed E-state index contributed by atoms with van der Waals surface area (Å²) in [4.78, 5) is 10.6. The van der Waals surface area contributed by atoms with Crippen molar-refractivity contribution in [3.05, 3.63) is 64.5 Å². The van der Waals surface area contributed by atoms with Crippen LogP contribution in [0.4, 0.5) is 28.4 Å². The second kappa shape index (κ2) is 8.01. The zero-order chi connectivity index (χ0) is 20.3. The van der Waals surface area contributed by atoms with Crippen LogP contribution in [0.15, 0.2) is 58.8 Å². The number of phenolic OH excluding ortho intramolecular Hbond substituents is 1. The van der Waals surface area contributed by atoms with Gasteiger partial charge >= 0.3 is 0 Å². The third kappa shape index (κ3) is 3.91. The van der Waals surface area contributed by atoms with Crippen molar-refractivity contribution in [2.24, 2.45) is 10.2 Å². The Labute approximate surface area is 165 Å². The summed E-state index contributed by atoms with van der Waals surface area (Å²) >= 11 is 5.65. The first kappa shape index (κ1) is 19.2. The molecule has 0 aliphatic rings. The van der Waals surface area contributed by atoms with E-state index in [1.807, 2.05) is 12.1 Å². The number of fused-ring (bicyclic) bond motifs is 1. The highest BCUT2D eigenvalue weighted by atomic mass is 35.5. The average molecular weight is 398 g/mol. The monoisotopic (exact) mass is 397 g/mol. The Morgan fingerprint density at radius 1 is 1.18 bits per heavy atom. The molecule has 0 unspecified atom stereocenters. The maximum atomic E-state index is 11.2. The summed E-state index contributed by atoms with van der Waals surface area (Å²) in [6.07, 6.45) is 0. The van der Waals surface area contributed by atoms with Crippen LogP contribution in [0, 0.1) is 16.0 Å². The molecule has 9 heteroatoms. The van der Waals surface area contributed by atoms with E-state index < -0.39 is 4.92 Å². The minimum Gasteiger partial charge on any atom is -0.506 e. The van der Waals surface area contributed by atoms with Gasteiger partial charge in [0.05, 0.1) is 4.92 Å². The fourth-order valence-electron chi connectivity index (χ4n) is 2.65. The number of aromatic hydroxyl groups is 1. The third-order valence-electron chi connectivity index (χ3n) is 4.06. The molecule has 0 aliphatic carbocycles. The smallest absolute Gasteiger partial charge is 0.298 e. The molecule has 8 nitrogen and oxygen atoms in total. The SMILES string of the molecule is C=[N+](C[CH-]Cl)c1ccc2ccc(O)c(N=Nc3ccc(N)cc3[N+](=O)[O-])c2c1. The van der Waals surface area contributed by atoms with E-state index in [9.17, 15) is 15.2 Å². The van der Waals surface area contributed by atoms with E-state index in [2.05, 4.69) is 16.9 Å². The first-order chi connectivity index (χ1) is 13.4. The molecule has 0 aromatic heterocycles. The van der Waals surface area contributed by atoms with E-state index in [1.165, 1.54) is 30.1 Å². The molecule has 3 N–H and O–H groups in total. The van der Waals surface area contributed by atoms with E-state index in [0.29, 0.717) is 11.9 Å². The van der Waals surface area contributed by atoms with Gasteiger partial charge in [-0.3, -0.25) is 10.1 Å². The Bertz CT molecular complexity index is 1110.